The molecule has 2 rings (SSSR count). The van der Waals surface area contributed by atoms with E-state index in [1.807, 2.05) is 6.07 Å². The molecule has 1 aliphatic rings. The molecule has 1 saturated heterocycles. The molecule has 2 heterocycles. The first-order valence-electron chi connectivity index (χ1n) is 4.54. The molecule has 1 fully saturated rings. The molecular formula is C9H12BrN3O2. The summed E-state index contributed by atoms with van der Waals surface area (Å²) < 4.78 is 6.04. The van der Waals surface area contributed by atoms with E-state index in [1.165, 1.54) is 0 Å². The van der Waals surface area contributed by atoms with Crippen molar-refractivity contribution in [2.45, 2.75) is 19.1 Å². The third-order valence-electron chi connectivity index (χ3n) is 2.23. The lowest BCUT2D eigenvalue weighted by Crippen LogP contribution is -2.42. The number of hydrogen-bond acceptors (Lipinski definition) is 5. The first-order chi connectivity index (χ1) is 6.99. The average Bonchev–Trinajstić information content (AvgIpc) is 2.41. The van der Waals surface area contributed by atoms with E-state index in [0.29, 0.717) is 12.4 Å². The van der Waals surface area contributed by atoms with Crippen molar-refractivity contribution < 1.29 is 9.84 Å². The van der Waals surface area contributed by atoms with Gasteiger partial charge in [0, 0.05) is 17.6 Å². The fourth-order valence-electron chi connectivity index (χ4n) is 1.57. The summed E-state index contributed by atoms with van der Waals surface area (Å²) in [5.41, 5.74) is 5.61. The summed E-state index contributed by atoms with van der Waals surface area (Å²) in [5.74, 6) is -0.753. The molecule has 0 bridgehead atoms. The Kier molecular flexibility index (Phi) is 2.68. The molecule has 82 valence electrons. The zero-order chi connectivity index (χ0) is 11.1. The van der Waals surface area contributed by atoms with Gasteiger partial charge in [-0.05, 0) is 28.1 Å². The van der Waals surface area contributed by atoms with Crippen molar-refractivity contribution in [3.8, 4) is 0 Å². The molecule has 1 aromatic rings. The third-order valence-corrected chi connectivity index (χ3v) is 2.70. The van der Waals surface area contributed by atoms with Gasteiger partial charge in [-0.15, -0.1) is 0 Å². The highest BCUT2D eigenvalue weighted by Crippen LogP contribution is 2.28. The smallest absolute Gasteiger partial charge is 0.249 e. The minimum atomic E-state index is -1.39. The van der Waals surface area contributed by atoms with E-state index in [0.717, 1.165) is 4.47 Å². The van der Waals surface area contributed by atoms with Crippen LogP contribution in [0.25, 0.3) is 0 Å². The summed E-state index contributed by atoms with van der Waals surface area (Å²) in [7, 11) is 0. The zero-order valence-corrected chi connectivity index (χ0v) is 9.81. The van der Waals surface area contributed by atoms with Crippen LogP contribution in [0.1, 0.15) is 6.92 Å². The van der Waals surface area contributed by atoms with E-state index >= 15 is 0 Å². The minimum Gasteiger partial charge on any atom is -0.349 e. The molecule has 0 aliphatic carbocycles. The van der Waals surface area contributed by atoms with Crippen molar-refractivity contribution in [1.29, 1.82) is 0 Å². The van der Waals surface area contributed by atoms with Gasteiger partial charge in [-0.1, -0.05) is 0 Å². The molecule has 15 heavy (non-hydrogen) atoms. The summed E-state index contributed by atoms with van der Waals surface area (Å²) >= 11 is 3.29. The van der Waals surface area contributed by atoms with E-state index in [9.17, 15) is 5.11 Å². The highest BCUT2D eigenvalue weighted by Gasteiger charge is 2.40. The van der Waals surface area contributed by atoms with Crippen LogP contribution < -0.4 is 10.6 Å². The number of ether oxygens (including phenoxy) is 1. The molecule has 0 spiro atoms. The van der Waals surface area contributed by atoms with Crippen molar-refractivity contribution in [1.82, 2.24) is 4.98 Å². The van der Waals surface area contributed by atoms with Crippen molar-refractivity contribution >= 4 is 21.7 Å². The van der Waals surface area contributed by atoms with Crippen LogP contribution in [0.2, 0.25) is 0 Å². The second-order valence-corrected chi connectivity index (χ2v) is 4.45. The Bertz CT molecular complexity index is 355. The highest BCUT2D eigenvalue weighted by molar-refractivity contribution is 9.10. The lowest BCUT2D eigenvalue weighted by molar-refractivity contribution is -0.175. The van der Waals surface area contributed by atoms with Gasteiger partial charge in [0.25, 0.3) is 0 Å². The predicted octanol–water partition coefficient (Wildman–Crippen LogP) is 0.632. The Morgan fingerprint density at radius 3 is 2.93 bits per heavy atom. The monoisotopic (exact) mass is 273 g/mol. The van der Waals surface area contributed by atoms with E-state index in [4.69, 9.17) is 10.5 Å². The Labute approximate surface area is 96.0 Å². The highest BCUT2D eigenvalue weighted by atomic mass is 79.9. The molecule has 1 aliphatic heterocycles. The van der Waals surface area contributed by atoms with Crippen LogP contribution in [0, 0.1) is 0 Å². The standard InChI is InChI=1S/C9H12BrN3O2/c1-9(14)13(5-7(11)15-9)8-3-2-6(10)4-12-8/h2-4,7,14H,5,11H2,1H3/t7-,9?/m0/s1. The van der Waals surface area contributed by atoms with Gasteiger partial charge in [0.1, 0.15) is 12.0 Å². The van der Waals surface area contributed by atoms with Crippen LogP contribution in [0.3, 0.4) is 0 Å². The van der Waals surface area contributed by atoms with Gasteiger partial charge in [0.2, 0.25) is 5.91 Å². The van der Waals surface area contributed by atoms with Crippen LogP contribution in [0.15, 0.2) is 22.8 Å². The summed E-state index contributed by atoms with van der Waals surface area (Å²) in [6.07, 6.45) is 1.17. The number of nitrogens with zero attached hydrogens (tertiary/aromatic N) is 2. The van der Waals surface area contributed by atoms with Gasteiger partial charge in [0.05, 0.1) is 6.54 Å². The number of pyridine rings is 1. The van der Waals surface area contributed by atoms with Crippen molar-refractivity contribution in [3.63, 3.8) is 0 Å². The lowest BCUT2D eigenvalue weighted by atomic mass is 10.4. The molecule has 1 unspecified atom stereocenters. The van der Waals surface area contributed by atoms with Crippen LogP contribution in [0.4, 0.5) is 5.82 Å². The summed E-state index contributed by atoms with van der Waals surface area (Å²) in [5, 5.41) is 9.92. The first kappa shape index (κ1) is 10.8. The maximum Gasteiger partial charge on any atom is 0.249 e. The molecule has 5 nitrogen and oxygen atoms in total. The number of hydrogen-bond donors (Lipinski definition) is 2. The summed E-state index contributed by atoms with van der Waals surface area (Å²) in [4.78, 5) is 5.79. The fourth-order valence-corrected chi connectivity index (χ4v) is 1.81. The Hall–Kier alpha value is -0.690. The number of nitrogens with two attached hydrogens (primary N) is 1. The molecule has 6 heteroatoms. The Morgan fingerprint density at radius 2 is 2.47 bits per heavy atom. The third kappa shape index (κ3) is 2.12. The molecule has 0 saturated carbocycles. The average molecular weight is 274 g/mol. The summed E-state index contributed by atoms with van der Waals surface area (Å²) in [6, 6.07) is 3.64. The van der Waals surface area contributed by atoms with Crippen molar-refractivity contribution in [2.24, 2.45) is 5.73 Å². The van der Waals surface area contributed by atoms with Gasteiger partial charge >= 0.3 is 0 Å². The second kappa shape index (κ2) is 3.71. The SMILES string of the molecule is CC1(O)O[C@H](N)CN1c1ccc(Br)cn1. The molecule has 2 atom stereocenters. The van der Waals surface area contributed by atoms with Crippen LogP contribution in [-0.4, -0.2) is 28.8 Å². The molecule has 0 aromatic carbocycles. The molecule has 0 radical (unpaired) electrons. The minimum absolute atomic E-state index is 0.418. The molecule has 1 aromatic heterocycles. The zero-order valence-electron chi connectivity index (χ0n) is 8.22. The van der Waals surface area contributed by atoms with Crippen molar-refractivity contribution in [3.05, 3.63) is 22.8 Å². The number of anilines is 1. The van der Waals surface area contributed by atoms with E-state index in [1.54, 1.807) is 24.1 Å². The number of halogens is 1. The lowest BCUT2D eigenvalue weighted by Gasteiger charge is -2.28. The van der Waals surface area contributed by atoms with Crippen LogP contribution >= 0.6 is 15.9 Å². The van der Waals surface area contributed by atoms with Gasteiger partial charge in [0.15, 0.2) is 0 Å². The van der Waals surface area contributed by atoms with Gasteiger partial charge in [-0.25, -0.2) is 4.98 Å². The first-order valence-corrected chi connectivity index (χ1v) is 5.33. The van der Waals surface area contributed by atoms with Crippen LogP contribution in [0.5, 0.6) is 0 Å². The number of aromatic nitrogens is 1. The van der Waals surface area contributed by atoms with E-state index in [2.05, 4.69) is 20.9 Å². The fraction of sp³-hybridized carbons (Fsp3) is 0.444. The van der Waals surface area contributed by atoms with Crippen LogP contribution in [-0.2, 0) is 4.74 Å². The molecular weight excluding hydrogens is 262 g/mol. The number of aliphatic hydroxyl groups is 1. The largest absolute Gasteiger partial charge is 0.349 e. The Morgan fingerprint density at radius 1 is 1.73 bits per heavy atom. The van der Waals surface area contributed by atoms with E-state index in [-0.39, 0.29) is 0 Å². The van der Waals surface area contributed by atoms with Gasteiger partial charge in [-0.2, -0.15) is 0 Å². The van der Waals surface area contributed by atoms with Crippen molar-refractivity contribution in [2.75, 3.05) is 11.4 Å². The number of rotatable bonds is 1. The normalized spacial score (nSPS) is 30.9. The Balaban J connectivity index is 2.27. The quantitative estimate of drug-likeness (QED) is 0.786. The topological polar surface area (TPSA) is 71.6 Å². The molecule has 0 amide bonds. The van der Waals surface area contributed by atoms with Gasteiger partial charge < -0.3 is 20.5 Å². The summed E-state index contributed by atoms with van der Waals surface area (Å²) in [6.45, 7) is 1.96. The van der Waals surface area contributed by atoms with Gasteiger partial charge in [-0.3, -0.25) is 0 Å². The molecule has 3 N–H and O–H groups in total. The maximum atomic E-state index is 9.92. The maximum absolute atomic E-state index is 9.92. The predicted molar refractivity (Wildman–Crippen MR) is 59.0 cm³/mol. The second-order valence-electron chi connectivity index (χ2n) is 3.54. The van der Waals surface area contributed by atoms with E-state index < -0.39 is 12.1 Å².